The third-order valence-electron chi connectivity index (χ3n) is 2.57. The van der Waals surface area contributed by atoms with Crippen molar-refractivity contribution in [3.8, 4) is 0 Å². The quantitative estimate of drug-likeness (QED) is 0.727. The Morgan fingerprint density at radius 1 is 1.57 bits per heavy atom. The van der Waals surface area contributed by atoms with Gasteiger partial charge in [-0.25, -0.2) is 0 Å². The van der Waals surface area contributed by atoms with E-state index in [1.165, 1.54) is 0 Å². The van der Waals surface area contributed by atoms with E-state index in [0.717, 1.165) is 32.5 Å². The van der Waals surface area contributed by atoms with Gasteiger partial charge in [0.1, 0.15) is 0 Å². The Labute approximate surface area is 86.9 Å². The Morgan fingerprint density at radius 2 is 2.29 bits per heavy atom. The van der Waals surface area contributed by atoms with E-state index in [-0.39, 0.29) is 6.04 Å². The van der Waals surface area contributed by atoms with Gasteiger partial charge in [-0.15, -0.1) is 0 Å². The van der Waals surface area contributed by atoms with Gasteiger partial charge >= 0.3 is 0 Å². The van der Waals surface area contributed by atoms with Crippen LogP contribution in [-0.4, -0.2) is 30.1 Å². The smallest absolute Gasteiger partial charge is 0.240 e. The molecule has 0 spiro atoms. The van der Waals surface area contributed by atoms with Crippen molar-refractivity contribution >= 4 is 5.91 Å². The minimum atomic E-state index is 0.0914. The van der Waals surface area contributed by atoms with E-state index in [1.54, 1.807) is 0 Å². The number of carbonyl (C=O) groups excluding carboxylic acids is 1. The van der Waals surface area contributed by atoms with Gasteiger partial charge in [-0.2, -0.15) is 0 Å². The fraction of sp³-hybridized carbons (Fsp3) is 0.909. The molecule has 1 aliphatic heterocycles. The van der Waals surface area contributed by atoms with Gasteiger partial charge in [-0.05, 0) is 12.3 Å². The number of hydrogen-bond acceptors (Lipinski definition) is 2. The zero-order valence-electron chi connectivity index (χ0n) is 9.55. The fourth-order valence-electron chi connectivity index (χ4n) is 1.84. The van der Waals surface area contributed by atoms with Gasteiger partial charge in [0.2, 0.25) is 5.91 Å². The van der Waals surface area contributed by atoms with Crippen molar-refractivity contribution < 1.29 is 4.79 Å². The lowest BCUT2D eigenvalue weighted by Crippen LogP contribution is -2.32. The lowest BCUT2D eigenvalue weighted by molar-refractivity contribution is -0.129. The van der Waals surface area contributed by atoms with Crippen LogP contribution in [0.15, 0.2) is 0 Å². The minimum Gasteiger partial charge on any atom is -0.328 e. The summed E-state index contributed by atoms with van der Waals surface area (Å²) in [5, 5.41) is 3.27. The molecule has 1 heterocycles. The third kappa shape index (κ3) is 2.98. The van der Waals surface area contributed by atoms with Gasteiger partial charge in [0.05, 0.1) is 12.7 Å². The van der Waals surface area contributed by atoms with E-state index in [9.17, 15) is 4.79 Å². The van der Waals surface area contributed by atoms with Crippen molar-refractivity contribution in [2.75, 3.05) is 13.2 Å². The molecule has 0 aromatic rings. The number of nitrogens with one attached hydrogen (secondary N) is 1. The van der Waals surface area contributed by atoms with Gasteiger partial charge in [-0.3, -0.25) is 10.1 Å². The highest BCUT2D eigenvalue weighted by atomic mass is 16.2. The van der Waals surface area contributed by atoms with Crippen molar-refractivity contribution in [2.24, 2.45) is 5.92 Å². The van der Waals surface area contributed by atoms with Gasteiger partial charge in [0.25, 0.3) is 0 Å². The maximum Gasteiger partial charge on any atom is 0.240 e. The highest BCUT2D eigenvalue weighted by Gasteiger charge is 2.30. The molecule has 0 saturated carbocycles. The highest BCUT2D eigenvalue weighted by molar-refractivity contribution is 5.83. The largest absolute Gasteiger partial charge is 0.328 e. The average molecular weight is 198 g/mol. The molecule has 0 aliphatic carbocycles. The van der Waals surface area contributed by atoms with E-state index in [2.05, 4.69) is 26.1 Å². The molecule has 1 unspecified atom stereocenters. The standard InChI is InChI=1S/C11H22N2O/c1-4-5-6-10-11(14)13(8-12-10)7-9(2)3/h9-10,12H,4-8H2,1-3H3. The summed E-state index contributed by atoms with van der Waals surface area (Å²) in [6.45, 7) is 8.07. The summed E-state index contributed by atoms with van der Waals surface area (Å²) in [5.41, 5.74) is 0. The molecule has 0 bridgehead atoms. The summed E-state index contributed by atoms with van der Waals surface area (Å²) in [7, 11) is 0. The maximum absolute atomic E-state index is 11.8. The van der Waals surface area contributed by atoms with Crippen LogP contribution in [0, 0.1) is 5.92 Å². The van der Waals surface area contributed by atoms with Crippen molar-refractivity contribution in [1.82, 2.24) is 10.2 Å². The Balaban J connectivity index is 2.35. The van der Waals surface area contributed by atoms with Crippen LogP contribution in [0.3, 0.4) is 0 Å². The molecule has 0 aromatic heterocycles. The fourth-order valence-corrected chi connectivity index (χ4v) is 1.84. The molecular formula is C11H22N2O. The van der Waals surface area contributed by atoms with Crippen LogP contribution < -0.4 is 5.32 Å². The molecule has 1 aliphatic rings. The predicted octanol–water partition coefficient (Wildman–Crippen LogP) is 1.59. The molecule has 1 fully saturated rings. The normalized spacial score (nSPS) is 22.4. The van der Waals surface area contributed by atoms with E-state index in [1.807, 2.05) is 4.90 Å². The molecule has 3 heteroatoms. The molecule has 0 radical (unpaired) electrons. The van der Waals surface area contributed by atoms with Crippen molar-refractivity contribution in [3.63, 3.8) is 0 Å². The number of nitrogens with zero attached hydrogens (tertiary/aromatic N) is 1. The zero-order chi connectivity index (χ0) is 10.6. The molecule has 0 aromatic carbocycles. The first-order valence-electron chi connectivity index (χ1n) is 5.67. The molecule has 1 rings (SSSR count). The Kier molecular flexibility index (Phi) is 4.39. The van der Waals surface area contributed by atoms with E-state index in [4.69, 9.17) is 0 Å². The monoisotopic (exact) mass is 198 g/mol. The van der Waals surface area contributed by atoms with Crippen LogP contribution >= 0.6 is 0 Å². The summed E-state index contributed by atoms with van der Waals surface area (Å²) >= 11 is 0. The van der Waals surface area contributed by atoms with Gasteiger partial charge < -0.3 is 4.90 Å². The lowest BCUT2D eigenvalue weighted by Gasteiger charge is -2.17. The van der Waals surface area contributed by atoms with Crippen LogP contribution in [0.5, 0.6) is 0 Å². The average Bonchev–Trinajstić information content (AvgIpc) is 2.45. The van der Waals surface area contributed by atoms with Crippen LogP contribution in [0.4, 0.5) is 0 Å². The molecule has 1 amide bonds. The number of hydrogen-bond donors (Lipinski definition) is 1. The number of amides is 1. The molecule has 14 heavy (non-hydrogen) atoms. The second kappa shape index (κ2) is 5.35. The van der Waals surface area contributed by atoms with Crippen LogP contribution in [-0.2, 0) is 4.79 Å². The number of rotatable bonds is 5. The van der Waals surface area contributed by atoms with Gasteiger partial charge in [0, 0.05) is 6.54 Å². The SMILES string of the molecule is CCCCC1NCN(CC(C)C)C1=O. The topological polar surface area (TPSA) is 32.3 Å². The lowest BCUT2D eigenvalue weighted by atomic mass is 10.1. The van der Waals surface area contributed by atoms with E-state index < -0.39 is 0 Å². The first-order valence-corrected chi connectivity index (χ1v) is 5.67. The molecule has 3 nitrogen and oxygen atoms in total. The second-order valence-electron chi connectivity index (χ2n) is 4.51. The first kappa shape index (κ1) is 11.5. The van der Waals surface area contributed by atoms with Crippen molar-refractivity contribution in [1.29, 1.82) is 0 Å². The zero-order valence-corrected chi connectivity index (χ0v) is 9.55. The molecule has 1 atom stereocenters. The number of carbonyl (C=O) groups is 1. The highest BCUT2D eigenvalue weighted by Crippen LogP contribution is 2.11. The van der Waals surface area contributed by atoms with E-state index >= 15 is 0 Å². The van der Waals surface area contributed by atoms with Crippen molar-refractivity contribution in [3.05, 3.63) is 0 Å². The van der Waals surface area contributed by atoms with Crippen LogP contribution in [0.2, 0.25) is 0 Å². The summed E-state index contributed by atoms with van der Waals surface area (Å²) in [5.74, 6) is 0.859. The van der Waals surface area contributed by atoms with Crippen LogP contribution in [0.1, 0.15) is 40.0 Å². The summed E-state index contributed by atoms with van der Waals surface area (Å²) in [6.07, 6.45) is 3.29. The molecular weight excluding hydrogens is 176 g/mol. The Morgan fingerprint density at radius 3 is 2.86 bits per heavy atom. The predicted molar refractivity (Wildman–Crippen MR) is 57.9 cm³/mol. The summed E-state index contributed by atoms with van der Waals surface area (Å²) < 4.78 is 0. The Hall–Kier alpha value is -0.570. The summed E-state index contributed by atoms with van der Waals surface area (Å²) in [6, 6.07) is 0.0914. The summed E-state index contributed by atoms with van der Waals surface area (Å²) in [4.78, 5) is 13.7. The third-order valence-corrected chi connectivity index (χ3v) is 2.57. The number of unbranched alkanes of at least 4 members (excludes halogenated alkanes) is 1. The second-order valence-corrected chi connectivity index (χ2v) is 4.51. The van der Waals surface area contributed by atoms with Gasteiger partial charge in [-0.1, -0.05) is 33.6 Å². The molecule has 82 valence electrons. The Bertz CT molecular complexity index is 192. The van der Waals surface area contributed by atoms with E-state index in [0.29, 0.717) is 11.8 Å². The first-order chi connectivity index (χ1) is 6.65. The molecule has 1 saturated heterocycles. The van der Waals surface area contributed by atoms with Crippen molar-refractivity contribution in [2.45, 2.75) is 46.1 Å². The maximum atomic E-state index is 11.8. The molecule has 1 N–H and O–H groups in total. The van der Waals surface area contributed by atoms with Gasteiger partial charge in [0.15, 0.2) is 0 Å². The van der Waals surface area contributed by atoms with Crippen LogP contribution in [0.25, 0.3) is 0 Å². The minimum absolute atomic E-state index is 0.0914.